The smallest absolute Gasteiger partial charge is 0.338 e. The minimum atomic E-state index is -0.503. The predicted molar refractivity (Wildman–Crippen MR) is 95.3 cm³/mol. The zero-order chi connectivity index (χ0) is 18.1. The molecular formula is C18H21N3O4S. The standard InChI is InChI=1S/C18H21N3O4S/c22-14(20-7-3-1-2-4-8-20)10-21-12-11-25-17(23)15(12)16(19-18(21)24)13-6-5-9-26-13/h5-6,9,16H,1-4,7-8,10-11H2,(H,19,24)/t16-/m1/s1. The summed E-state index contributed by atoms with van der Waals surface area (Å²) in [5.74, 6) is -0.506. The molecule has 0 aliphatic carbocycles. The van der Waals surface area contributed by atoms with Crippen LogP contribution in [-0.2, 0) is 14.3 Å². The van der Waals surface area contributed by atoms with E-state index in [-0.39, 0.29) is 25.1 Å². The zero-order valence-electron chi connectivity index (χ0n) is 14.4. The van der Waals surface area contributed by atoms with Crippen LogP contribution in [0.1, 0.15) is 36.6 Å². The lowest BCUT2D eigenvalue weighted by Crippen LogP contribution is -2.51. The van der Waals surface area contributed by atoms with Gasteiger partial charge in [-0.25, -0.2) is 9.59 Å². The molecule has 1 fully saturated rings. The van der Waals surface area contributed by atoms with E-state index in [0.717, 1.165) is 43.6 Å². The highest BCUT2D eigenvalue weighted by molar-refractivity contribution is 7.10. The molecule has 0 unspecified atom stereocenters. The van der Waals surface area contributed by atoms with Crippen LogP contribution >= 0.6 is 11.3 Å². The van der Waals surface area contributed by atoms with E-state index in [2.05, 4.69) is 5.32 Å². The number of esters is 1. The second-order valence-corrected chi connectivity index (χ2v) is 7.69. The number of ether oxygens (including phenoxy) is 1. The van der Waals surface area contributed by atoms with Crippen molar-refractivity contribution in [3.63, 3.8) is 0 Å². The monoisotopic (exact) mass is 375 g/mol. The van der Waals surface area contributed by atoms with E-state index < -0.39 is 12.0 Å². The molecule has 138 valence electrons. The first-order chi connectivity index (χ1) is 12.6. The minimum Gasteiger partial charge on any atom is -0.456 e. The Kier molecular flexibility index (Phi) is 4.67. The third kappa shape index (κ3) is 3.09. The largest absolute Gasteiger partial charge is 0.456 e. The molecular weight excluding hydrogens is 354 g/mol. The Hall–Kier alpha value is -2.35. The fourth-order valence-corrected chi connectivity index (χ4v) is 4.49. The Morgan fingerprint density at radius 1 is 1.23 bits per heavy atom. The average Bonchev–Trinajstić information content (AvgIpc) is 3.20. The van der Waals surface area contributed by atoms with Crippen molar-refractivity contribution in [2.24, 2.45) is 0 Å². The van der Waals surface area contributed by atoms with Gasteiger partial charge in [-0.1, -0.05) is 18.9 Å². The second kappa shape index (κ2) is 7.11. The number of thiophene rings is 1. The maximum absolute atomic E-state index is 12.7. The van der Waals surface area contributed by atoms with Crippen LogP contribution in [0.15, 0.2) is 28.8 Å². The fraction of sp³-hybridized carbons (Fsp3) is 0.500. The van der Waals surface area contributed by atoms with Gasteiger partial charge in [-0.15, -0.1) is 11.3 Å². The summed E-state index contributed by atoms with van der Waals surface area (Å²) in [6, 6.07) is 2.90. The first-order valence-corrected chi connectivity index (χ1v) is 9.82. The van der Waals surface area contributed by atoms with Gasteiger partial charge in [-0.2, -0.15) is 0 Å². The van der Waals surface area contributed by atoms with Gasteiger partial charge < -0.3 is 15.0 Å². The number of rotatable bonds is 3. The van der Waals surface area contributed by atoms with Crippen molar-refractivity contribution in [3.8, 4) is 0 Å². The summed E-state index contributed by atoms with van der Waals surface area (Å²) < 4.78 is 5.19. The molecule has 1 aromatic heterocycles. The van der Waals surface area contributed by atoms with Crippen molar-refractivity contribution in [1.29, 1.82) is 0 Å². The van der Waals surface area contributed by atoms with Crippen LogP contribution < -0.4 is 5.32 Å². The molecule has 1 atom stereocenters. The Morgan fingerprint density at radius 3 is 2.69 bits per heavy atom. The molecule has 0 saturated carbocycles. The number of cyclic esters (lactones) is 1. The Balaban J connectivity index is 1.58. The van der Waals surface area contributed by atoms with Crippen LogP contribution in [0.25, 0.3) is 0 Å². The van der Waals surface area contributed by atoms with E-state index in [0.29, 0.717) is 11.3 Å². The van der Waals surface area contributed by atoms with E-state index >= 15 is 0 Å². The van der Waals surface area contributed by atoms with Crippen LogP contribution in [0.2, 0.25) is 0 Å². The molecule has 26 heavy (non-hydrogen) atoms. The highest BCUT2D eigenvalue weighted by Crippen LogP contribution is 2.36. The summed E-state index contributed by atoms with van der Waals surface area (Å²) in [4.78, 5) is 41.7. The third-order valence-electron chi connectivity index (χ3n) is 5.08. The normalized spacial score (nSPS) is 23.5. The van der Waals surface area contributed by atoms with Gasteiger partial charge in [-0.3, -0.25) is 9.69 Å². The summed E-state index contributed by atoms with van der Waals surface area (Å²) in [5, 5.41) is 4.76. The molecule has 1 saturated heterocycles. The topological polar surface area (TPSA) is 79.0 Å². The third-order valence-corrected chi connectivity index (χ3v) is 6.02. The van der Waals surface area contributed by atoms with Crippen molar-refractivity contribution in [3.05, 3.63) is 33.7 Å². The number of carbonyl (C=O) groups is 3. The molecule has 8 heteroatoms. The summed E-state index contributed by atoms with van der Waals surface area (Å²) in [5.41, 5.74) is 0.955. The van der Waals surface area contributed by atoms with Gasteiger partial charge in [0.2, 0.25) is 5.91 Å². The molecule has 1 aromatic rings. The van der Waals surface area contributed by atoms with Crippen molar-refractivity contribution in [1.82, 2.24) is 15.1 Å². The summed E-state index contributed by atoms with van der Waals surface area (Å²) in [7, 11) is 0. The van der Waals surface area contributed by atoms with Gasteiger partial charge in [0.05, 0.1) is 17.3 Å². The van der Waals surface area contributed by atoms with Gasteiger partial charge in [-0.05, 0) is 24.3 Å². The van der Waals surface area contributed by atoms with Crippen molar-refractivity contribution in [2.75, 3.05) is 26.2 Å². The van der Waals surface area contributed by atoms with Crippen LogP contribution in [0.5, 0.6) is 0 Å². The molecule has 0 bridgehead atoms. The Bertz CT molecular complexity index is 750. The fourth-order valence-electron chi connectivity index (χ4n) is 3.70. The molecule has 0 aromatic carbocycles. The number of hydrogen-bond acceptors (Lipinski definition) is 5. The number of carbonyl (C=O) groups excluding carboxylic acids is 3. The lowest BCUT2D eigenvalue weighted by molar-refractivity contribution is -0.136. The van der Waals surface area contributed by atoms with E-state index in [1.165, 1.54) is 16.2 Å². The lowest BCUT2D eigenvalue weighted by atomic mass is 10.0. The lowest BCUT2D eigenvalue weighted by Gasteiger charge is -2.33. The maximum Gasteiger partial charge on any atom is 0.338 e. The predicted octanol–water partition coefficient (Wildman–Crippen LogP) is 2.03. The van der Waals surface area contributed by atoms with Crippen LogP contribution in [0, 0.1) is 0 Å². The van der Waals surface area contributed by atoms with Crippen LogP contribution in [0.4, 0.5) is 4.79 Å². The summed E-state index contributed by atoms with van der Waals surface area (Å²) in [6.07, 6.45) is 4.25. The highest BCUT2D eigenvalue weighted by Gasteiger charge is 2.43. The molecule has 4 rings (SSSR count). The van der Waals surface area contributed by atoms with Gasteiger partial charge in [0.15, 0.2) is 0 Å². The van der Waals surface area contributed by atoms with Gasteiger partial charge >= 0.3 is 12.0 Å². The van der Waals surface area contributed by atoms with Gasteiger partial charge in [0.1, 0.15) is 13.2 Å². The summed E-state index contributed by atoms with van der Waals surface area (Å²) >= 11 is 1.47. The van der Waals surface area contributed by atoms with Crippen LogP contribution in [-0.4, -0.2) is 53.9 Å². The number of nitrogens with zero attached hydrogens (tertiary/aromatic N) is 2. The van der Waals surface area contributed by atoms with Gasteiger partial charge in [0, 0.05) is 18.0 Å². The SMILES string of the molecule is O=C1OCC2=C1[C@@H](c1cccs1)NC(=O)N2CC(=O)N1CCCCCC1. The van der Waals surface area contributed by atoms with E-state index in [1.807, 2.05) is 22.4 Å². The number of hydrogen-bond donors (Lipinski definition) is 1. The van der Waals surface area contributed by atoms with E-state index in [9.17, 15) is 14.4 Å². The maximum atomic E-state index is 12.7. The number of nitrogens with one attached hydrogen (secondary N) is 1. The first kappa shape index (κ1) is 17.1. The second-order valence-electron chi connectivity index (χ2n) is 6.72. The van der Waals surface area contributed by atoms with Crippen molar-refractivity contribution < 1.29 is 19.1 Å². The number of urea groups is 1. The van der Waals surface area contributed by atoms with E-state index in [4.69, 9.17) is 4.74 Å². The van der Waals surface area contributed by atoms with Crippen molar-refractivity contribution in [2.45, 2.75) is 31.7 Å². The van der Waals surface area contributed by atoms with Crippen LogP contribution in [0.3, 0.4) is 0 Å². The molecule has 3 amide bonds. The Morgan fingerprint density at radius 2 is 2.00 bits per heavy atom. The van der Waals surface area contributed by atoms with Gasteiger partial charge in [0.25, 0.3) is 0 Å². The first-order valence-electron chi connectivity index (χ1n) is 8.94. The zero-order valence-corrected chi connectivity index (χ0v) is 15.2. The quantitative estimate of drug-likeness (QED) is 0.820. The molecule has 0 spiro atoms. The number of amides is 3. The molecule has 1 N–H and O–H groups in total. The minimum absolute atomic E-state index is 0.0384. The Labute approximate surface area is 155 Å². The summed E-state index contributed by atoms with van der Waals surface area (Å²) in [6.45, 7) is 1.44. The molecule has 0 radical (unpaired) electrons. The molecule has 3 aliphatic rings. The molecule has 7 nitrogen and oxygen atoms in total. The van der Waals surface area contributed by atoms with Crippen molar-refractivity contribution >= 4 is 29.2 Å². The average molecular weight is 375 g/mol. The molecule has 3 aliphatic heterocycles. The van der Waals surface area contributed by atoms with E-state index in [1.54, 1.807) is 0 Å². The molecule has 4 heterocycles. The number of likely N-dealkylation sites (tertiary alicyclic amines) is 1. The highest BCUT2D eigenvalue weighted by atomic mass is 32.1.